The molecule has 2 saturated heterocycles. The summed E-state index contributed by atoms with van der Waals surface area (Å²) in [6.07, 6.45) is -6.81. The van der Waals surface area contributed by atoms with Gasteiger partial charge in [-0.2, -0.15) is 0 Å². The first-order valence-corrected chi connectivity index (χ1v) is 13.1. The molecule has 4 rings (SSSR count). The number of aliphatic hydroxyl groups is 1. The van der Waals surface area contributed by atoms with Crippen molar-refractivity contribution in [1.29, 1.82) is 0 Å². The number of ether oxygens (including phenoxy) is 3. The van der Waals surface area contributed by atoms with E-state index in [-0.39, 0.29) is 11.6 Å². The molecular weight excluding hydrogens is 446 g/mol. The predicted octanol–water partition coefficient (Wildman–Crippen LogP) is 3.44. The van der Waals surface area contributed by atoms with Gasteiger partial charge in [0.2, 0.25) is 0 Å². The lowest BCUT2D eigenvalue weighted by Gasteiger charge is -2.44. The maximum absolute atomic E-state index is 14.3. The average molecular weight is 479 g/mol. The van der Waals surface area contributed by atoms with Crippen LogP contribution in [0.2, 0.25) is 5.04 Å². The van der Waals surface area contributed by atoms with Gasteiger partial charge in [0.25, 0.3) is 14.7 Å². The number of benzene rings is 2. The summed E-state index contributed by atoms with van der Waals surface area (Å²) < 4.78 is 52.3. The summed E-state index contributed by atoms with van der Waals surface area (Å²) in [7, 11) is -3.00. The Hall–Kier alpha value is -1.68. The summed E-state index contributed by atoms with van der Waals surface area (Å²) in [6, 6.07) is 19.7. The van der Waals surface area contributed by atoms with Gasteiger partial charge in [-0.3, -0.25) is 0 Å². The van der Waals surface area contributed by atoms with E-state index in [0.717, 1.165) is 10.4 Å². The molecule has 0 amide bonds. The second-order valence-electron chi connectivity index (χ2n) is 10.2. The van der Waals surface area contributed by atoms with Crippen LogP contribution >= 0.6 is 0 Å². The van der Waals surface area contributed by atoms with Crippen molar-refractivity contribution in [1.82, 2.24) is 0 Å². The second kappa shape index (κ2) is 8.52. The molecule has 2 aliphatic heterocycles. The normalized spacial score (nSPS) is 29.4. The number of alkyl halides is 2. The zero-order valence-corrected chi connectivity index (χ0v) is 20.6. The fourth-order valence-corrected chi connectivity index (χ4v) is 9.55. The predicted molar refractivity (Wildman–Crippen MR) is 123 cm³/mol. The topological polar surface area (TPSA) is 57.2 Å². The monoisotopic (exact) mass is 478 g/mol. The number of hydrogen-bond acceptors (Lipinski definition) is 5. The number of fused-ring (bicyclic) bond motifs is 1. The number of hydrogen-bond donors (Lipinski definition) is 1. The molecule has 0 aromatic heterocycles. The molecule has 180 valence electrons. The standard InChI is InChI=1S/C25H32F2O5Si/c1-23(2,3)33(17-12-8-6-9-13-17,18-14-10-7-11-15-18)29-16-19-25(28,22(26)27)20-21(30-19)32-24(4,5)31-20/h6-15,19-22,28H,16H2,1-5H3/t19-,20+,21-,25-/m1/s1. The van der Waals surface area contributed by atoms with E-state index in [4.69, 9.17) is 18.6 Å². The highest BCUT2D eigenvalue weighted by atomic mass is 28.4. The van der Waals surface area contributed by atoms with E-state index >= 15 is 0 Å². The molecule has 4 atom stereocenters. The summed E-state index contributed by atoms with van der Waals surface area (Å²) in [5.74, 6) is -1.12. The van der Waals surface area contributed by atoms with Gasteiger partial charge < -0.3 is 23.7 Å². The Labute approximate surface area is 194 Å². The van der Waals surface area contributed by atoms with E-state index in [0.29, 0.717) is 0 Å². The molecule has 0 unspecified atom stereocenters. The molecule has 5 nitrogen and oxygen atoms in total. The Kier molecular flexibility index (Phi) is 6.31. The largest absolute Gasteiger partial charge is 0.405 e. The maximum Gasteiger partial charge on any atom is 0.272 e. The first-order valence-electron chi connectivity index (χ1n) is 11.2. The molecule has 2 heterocycles. The number of halogens is 2. The van der Waals surface area contributed by atoms with Crippen molar-refractivity contribution in [2.24, 2.45) is 0 Å². The summed E-state index contributed by atoms with van der Waals surface area (Å²) >= 11 is 0. The van der Waals surface area contributed by atoms with Gasteiger partial charge in [0.1, 0.15) is 12.2 Å². The molecule has 2 aromatic carbocycles. The fraction of sp³-hybridized carbons (Fsp3) is 0.520. The summed E-state index contributed by atoms with van der Waals surface area (Å²) in [5.41, 5.74) is -2.55. The highest BCUT2D eigenvalue weighted by molar-refractivity contribution is 6.99. The van der Waals surface area contributed by atoms with E-state index in [2.05, 4.69) is 20.8 Å². The van der Waals surface area contributed by atoms with Gasteiger partial charge in [0.15, 0.2) is 17.7 Å². The minimum absolute atomic E-state index is 0.228. The van der Waals surface area contributed by atoms with Crippen molar-refractivity contribution >= 4 is 18.7 Å². The van der Waals surface area contributed by atoms with Gasteiger partial charge in [0, 0.05) is 0 Å². The molecular formula is C25H32F2O5Si. The molecule has 0 aliphatic carbocycles. The highest BCUT2D eigenvalue weighted by Crippen LogP contribution is 2.46. The van der Waals surface area contributed by atoms with E-state index in [1.165, 1.54) is 0 Å². The maximum atomic E-state index is 14.3. The molecule has 2 fully saturated rings. The van der Waals surface area contributed by atoms with Gasteiger partial charge in [-0.15, -0.1) is 0 Å². The van der Waals surface area contributed by atoms with Crippen molar-refractivity contribution in [2.75, 3.05) is 6.61 Å². The second-order valence-corrected chi connectivity index (χ2v) is 14.5. The van der Waals surface area contributed by atoms with Crippen molar-refractivity contribution in [3.05, 3.63) is 60.7 Å². The number of rotatable bonds is 6. The van der Waals surface area contributed by atoms with Gasteiger partial charge in [-0.05, 0) is 29.3 Å². The first-order chi connectivity index (χ1) is 15.4. The van der Waals surface area contributed by atoms with Gasteiger partial charge in [0.05, 0.1) is 6.61 Å². The van der Waals surface area contributed by atoms with E-state index in [9.17, 15) is 13.9 Å². The van der Waals surface area contributed by atoms with Crippen LogP contribution < -0.4 is 10.4 Å². The van der Waals surface area contributed by atoms with Crippen LogP contribution in [-0.4, -0.2) is 56.3 Å². The molecule has 0 radical (unpaired) electrons. The molecule has 2 aromatic rings. The smallest absolute Gasteiger partial charge is 0.272 e. The van der Waals surface area contributed by atoms with Crippen LogP contribution in [0.5, 0.6) is 0 Å². The minimum atomic E-state index is -3.10. The summed E-state index contributed by atoms with van der Waals surface area (Å²) in [6.45, 7) is 9.27. The van der Waals surface area contributed by atoms with Crippen LogP contribution in [0.15, 0.2) is 60.7 Å². The van der Waals surface area contributed by atoms with Crippen molar-refractivity contribution in [2.45, 2.75) is 76.0 Å². The van der Waals surface area contributed by atoms with Crippen molar-refractivity contribution < 1.29 is 32.5 Å². The van der Waals surface area contributed by atoms with E-state index in [1.54, 1.807) is 13.8 Å². The Morgan fingerprint density at radius 2 is 1.48 bits per heavy atom. The third-order valence-corrected chi connectivity index (χ3v) is 11.6. The fourth-order valence-electron chi connectivity index (χ4n) is 5.00. The van der Waals surface area contributed by atoms with Gasteiger partial charge >= 0.3 is 0 Å². The van der Waals surface area contributed by atoms with Gasteiger partial charge in [-0.1, -0.05) is 81.4 Å². The molecule has 0 bridgehead atoms. The molecule has 33 heavy (non-hydrogen) atoms. The van der Waals surface area contributed by atoms with Crippen molar-refractivity contribution in [3.8, 4) is 0 Å². The Morgan fingerprint density at radius 3 is 1.94 bits per heavy atom. The van der Waals surface area contributed by atoms with Gasteiger partial charge in [-0.25, -0.2) is 8.78 Å². The zero-order valence-electron chi connectivity index (χ0n) is 19.6. The third-order valence-electron chi connectivity index (χ3n) is 6.55. The molecule has 8 heteroatoms. The Bertz CT molecular complexity index is 911. The van der Waals surface area contributed by atoms with Crippen LogP contribution in [0, 0.1) is 0 Å². The highest BCUT2D eigenvalue weighted by Gasteiger charge is 2.68. The lowest BCUT2D eigenvalue weighted by molar-refractivity contribution is -0.251. The third kappa shape index (κ3) is 4.07. The van der Waals surface area contributed by atoms with Crippen LogP contribution in [0.1, 0.15) is 34.6 Å². The Morgan fingerprint density at radius 1 is 0.970 bits per heavy atom. The molecule has 2 aliphatic rings. The quantitative estimate of drug-likeness (QED) is 0.645. The Balaban J connectivity index is 1.73. The van der Waals surface area contributed by atoms with E-state index in [1.807, 2.05) is 60.7 Å². The lowest BCUT2D eigenvalue weighted by Crippen LogP contribution is -2.68. The molecule has 0 spiro atoms. The van der Waals surface area contributed by atoms with Crippen molar-refractivity contribution in [3.63, 3.8) is 0 Å². The molecule has 0 saturated carbocycles. The van der Waals surface area contributed by atoms with Crippen LogP contribution in [0.3, 0.4) is 0 Å². The van der Waals surface area contributed by atoms with Crippen LogP contribution in [0.25, 0.3) is 0 Å². The first kappa shape index (κ1) is 24.4. The molecule has 1 N–H and O–H groups in total. The van der Waals surface area contributed by atoms with E-state index < -0.39 is 44.6 Å². The summed E-state index contributed by atoms with van der Waals surface area (Å²) in [4.78, 5) is 0. The average Bonchev–Trinajstić information content (AvgIpc) is 3.20. The van der Waals surface area contributed by atoms with Crippen LogP contribution in [-0.2, 0) is 18.6 Å². The SMILES string of the molecule is CC1(C)O[C@H]2O[C@H](CO[Si](c3ccccc3)(c3ccccc3)C(C)(C)C)[C@](O)(C(F)F)[C@H]2O1. The summed E-state index contributed by atoms with van der Waals surface area (Å²) in [5, 5.41) is 12.8. The lowest BCUT2D eigenvalue weighted by atomic mass is 9.93. The van der Waals surface area contributed by atoms with Crippen LogP contribution in [0.4, 0.5) is 8.78 Å². The zero-order chi connectivity index (χ0) is 24.1. The minimum Gasteiger partial charge on any atom is -0.405 e.